The fraction of sp³-hybridized carbons (Fsp3) is 0.333. The molecule has 0 aliphatic heterocycles. The molecule has 0 fully saturated rings. The second-order valence-electron chi connectivity index (χ2n) is 1.84. The van der Waals surface area contributed by atoms with Crippen LogP contribution >= 0.6 is 0 Å². The van der Waals surface area contributed by atoms with Crippen LogP contribution in [0.1, 0.15) is 6.92 Å². The molecule has 62 valence electrons. The van der Waals surface area contributed by atoms with E-state index in [9.17, 15) is 9.18 Å². The van der Waals surface area contributed by atoms with Gasteiger partial charge >= 0.3 is 0 Å². The Hall–Kier alpha value is -1.39. The summed E-state index contributed by atoms with van der Waals surface area (Å²) in [5.74, 6) is -1.80. The first-order chi connectivity index (χ1) is 5.07. The largest absolute Gasteiger partial charge is 0.392 e. The summed E-state index contributed by atoms with van der Waals surface area (Å²) in [6, 6.07) is 0. The number of carbonyl (C=O) groups is 1. The molecule has 0 aromatic carbocycles. The number of amidine groups is 1. The van der Waals surface area contributed by atoms with E-state index in [-0.39, 0.29) is 0 Å². The van der Waals surface area contributed by atoms with Crippen molar-refractivity contribution < 1.29 is 9.18 Å². The van der Waals surface area contributed by atoms with E-state index in [1.54, 1.807) is 0 Å². The molecule has 0 saturated heterocycles. The van der Waals surface area contributed by atoms with Crippen LogP contribution in [-0.2, 0) is 4.79 Å². The zero-order valence-corrected chi connectivity index (χ0v) is 6.36. The van der Waals surface area contributed by atoms with Crippen LogP contribution < -0.4 is 10.6 Å². The summed E-state index contributed by atoms with van der Waals surface area (Å²) in [6.45, 7) is 1.21. The van der Waals surface area contributed by atoms with Crippen molar-refractivity contribution in [2.45, 2.75) is 6.92 Å². The van der Waals surface area contributed by atoms with E-state index in [1.807, 2.05) is 5.32 Å². The van der Waals surface area contributed by atoms with Crippen LogP contribution in [0, 0.1) is 5.41 Å². The van der Waals surface area contributed by atoms with Gasteiger partial charge in [0.1, 0.15) is 0 Å². The van der Waals surface area contributed by atoms with Crippen molar-refractivity contribution in [2.24, 2.45) is 0 Å². The zero-order valence-electron chi connectivity index (χ0n) is 6.36. The topological polar surface area (TPSA) is 65.0 Å². The van der Waals surface area contributed by atoms with E-state index in [0.717, 1.165) is 6.20 Å². The number of halogens is 1. The highest BCUT2D eigenvalue weighted by Gasteiger charge is 2.03. The summed E-state index contributed by atoms with van der Waals surface area (Å²) in [6.07, 6.45) is 0.984. The van der Waals surface area contributed by atoms with E-state index in [4.69, 9.17) is 5.41 Å². The first-order valence-corrected chi connectivity index (χ1v) is 2.97. The van der Waals surface area contributed by atoms with Crippen LogP contribution in [-0.4, -0.2) is 18.8 Å². The molecule has 5 heteroatoms. The maximum atomic E-state index is 12.5. The standard InChI is InChI=1S/C6H10FN3O/c1-4(11)10-6(8)5(7)3-9-2/h3,9H,1-2H3,(H2,8,10,11)/b5-3+. The van der Waals surface area contributed by atoms with Gasteiger partial charge in [0.15, 0.2) is 11.7 Å². The number of nitrogens with one attached hydrogen (secondary N) is 3. The molecule has 0 atom stereocenters. The Bertz CT molecular complexity index is 200. The number of amides is 1. The molecular formula is C6H10FN3O. The maximum Gasteiger partial charge on any atom is 0.222 e. The van der Waals surface area contributed by atoms with Crippen molar-refractivity contribution in [3.63, 3.8) is 0 Å². The quantitative estimate of drug-likeness (QED) is 0.396. The molecule has 0 radical (unpaired) electrons. The minimum atomic E-state index is -0.803. The van der Waals surface area contributed by atoms with Crippen molar-refractivity contribution in [3.8, 4) is 0 Å². The van der Waals surface area contributed by atoms with Gasteiger partial charge in [-0.25, -0.2) is 4.39 Å². The van der Waals surface area contributed by atoms with Crippen molar-refractivity contribution in [1.82, 2.24) is 10.6 Å². The Morgan fingerprint density at radius 3 is 2.55 bits per heavy atom. The molecule has 4 nitrogen and oxygen atoms in total. The van der Waals surface area contributed by atoms with E-state index in [2.05, 4.69) is 5.32 Å². The Balaban J connectivity index is 4.03. The molecule has 3 N–H and O–H groups in total. The second-order valence-corrected chi connectivity index (χ2v) is 1.84. The molecule has 0 rings (SSSR count). The van der Waals surface area contributed by atoms with Gasteiger partial charge < -0.3 is 10.6 Å². The van der Waals surface area contributed by atoms with Crippen LogP contribution in [0.15, 0.2) is 12.0 Å². The molecule has 11 heavy (non-hydrogen) atoms. The smallest absolute Gasteiger partial charge is 0.222 e. The molecule has 0 unspecified atom stereocenters. The molecule has 0 aliphatic rings. The van der Waals surface area contributed by atoms with Crippen molar-refractivity contribution in [2.75, 3.05) is 7.05 Å². The molecular weight excluding hydrogens is 149 g/mol. The molecule has 0 aliphatic carbocycles. The van der Waals surface area contributed by atoms with E-state index < -0.39 is 17.6 Å². The Labute approximate surface area is 64.0 Å². The number of hydrogen-bond donors (Lipinski definition) is 3. The average Bonchev–Trinajstić information content (AvgIpc) is 1.86. The van der Waals surface area contributed by atoms with Gasteiger partial charge in [-0.1, -0.05) is 0 Å². The van der Waals surface area contributed by atoms with Crippen LogP contribution in [0.25, 0.3) is 0 Å². The van der Waals surface area contributed by atoms with Crippen LogP contribution in [0.5, 0.6) is 0 Å². The average molecular weight is 159 g/mol. The second kappa shape index (κ2) is 4.43. The predicted molar refractivity (Wildman–Crippen MR) is 39.8 cm³/mol. The number of rotatable bonds is 2. The minimum Gasteiger partial charge on any atom is -0.392 e. The van der Waals surface area contributed by atoms with Gasteiger partial charge in [-0.2, -0.15) is 0 Å². The lowest BCUT2D eigenvalue weighted by Crippen LogP contribution is -2.28. The summed E-state index contributed by atoms with van der Waals surface area (Å²) in [5, 5.41) is 11.3. The van der Waals surface area contributed by atoms with Gasteiger partial charge in [-0.05, 0) is 0 Å². The third-order valence-corrected chi connectivity index (χ3v) is 0.811. The molecule has 0 saturated carbocycles. The first-order valence-electron chi connectivity index (χ1n) is 2.97. The number of hydrogen-bond acceptors (Lipinski definition) is 3. The van der Waals surface area contributed by atoms with Gasteiger partial charge in [-0.15, -0.1) is 0 Å². The minimum absolute atomic E-state index is 0.463. The monoisotopic (exact) mass is 159 g/mol. The Kier molecular flexibility index (Phi) is 3.87. The summed E-state index contributed by atoms with van der Waals surface area (Å²) in [7, 11) is 1.50. The third kappa shape index (κ3) is 4.07. The lowest BCUT2D eigenvalue weighted by atomic mass is 10.5. The van der Waals surface area contributed by atoms with Crippen LogP contribution in [0.2, 0.25) is 0 Å². The van der Waals surface area contributed by atoms with Crippen molar-refractivity contribution >= 4 is 11.7 Å². The molecule has 0 bridgehead atoms. The molecule has 0 aromatic rings. The Morgan fingerprint density at radius 2 is 2.18 bits per heavy atom. The van der Waals surface area contributed by atoms with E-state index in [1.165, 1.54) is 14.0 Å². The van der Waals surface area contributed by atoms with Gasteiger partial charge in [0.05, 0.1) is 0 Å². The summed E-state index contributed by atoms with van der Waals surface area (Å²) < 4.78 is 12.5. The summed E-state index contributed by atoms with van der Waals surface area (Å²) in [4.78, 5) is 10.3. The SMILES string of the molecule is CN/C=C(/F)C(=N)NC(C)=O. The summed E-state index contributed by atoms with van der Waals surface area (Å²) >= 11 is 0. The lowest BCUT2D eigenvalue weighted by Gasteiger charge is -1.99. The van der Waals surface area contributed by atoms with Crippen molar-refractivity contribution in [3.05, 3.63) is 12.0 Å². The molecule has 1 amide bonds. The highest BCUT2D eigenvalue weighted by molar-refractivity contribution is 6.03. The van der Waals surface area contributed by atoms with Gasteiger partial charge in [0.2, 0.25) is 5.91 Å². The number of carbonyl (C=O) groups excluding carboxylic acids is 1. The first kappa shape index (κ1) is 9.61. The van der Waals surface area contributed by atoms with Gasteiger partial charge in [-0.3, -0.25) is 10.2 Å². The highest BCUT2D eigenvalue weighted by atomic mass is 19.1. The summed E-state index contributed by atoms with van der Waals surface area (Å²) in [5.41, 5.74) is 0. The fourth-order valence-corrected chi connectivity index (χ4v) is 0.435. The third-order valence-electron chi connectivity index (χ3n) is 0.811. The Morgan fingerprint density at radius 1 is 1.64 bits per heavy atom. The van der Waals surface area contributed by atoms with Gasteiger partial charge in [0.25, 0.3) is 0 Å². The zero-order chi connectivity index (χ0) is 8.85. The lowest BCUT2D eigenvalue weighted by molar-refractivity contribution is -0.117. The maximum absolute atomic E-state index is 12.5. The molecule has 0 spiro atoms. The normalized spacial score (nSPS) is 10.6. The van der Waals surface area contributed by atoms with E-state index in [0.29, 0.717) is 0 Å². The van der Waals surface area contributed by atoms with E-state index >= 15 is 0 Å². The molecule has 0 heterocycles. The van der Waals surface area contributed by atoms with Crippen molar-refractivity contribution in [1.29, 1.82) is 5.41 Å². The highest BCUT2D eigenvalue weighted by Crippen LogP contribution is 1.92. The van der Waals surface area contributed by atoms with Crippen LogP contribution in [0.3, 0.4) is 0 Å². The van der Waals surface area contributed by atoms with Crippen LogP contribution in [0.4, 0.5) is 4.39 Å². The fourth-order valence-electron chi connectivity index (χ4n) is 0.435. The predicted octanol–water partition coefficient (Wildman–Crippen LogP) is 0.130. The van der Waals surface area contributed by atoms with Gasteiger partial charge in [0, 0.05) is 20.2 Å². The molecule has 0 aromatic heterocycles.